The van der Waals surface area contributed by atoms with Crippen molar-refractivity contribution in [2.24, 2.45) is 12.0 Å². The van der Waals surface area contributed by atoms with Crippen molar-refractivity contribution in [1.82, 2.24) is 24.1 Å². The normalized spacial score (nSPS) is 17.3. The minimum Gasteiger partial charge on any atom is -0.316 e. The first-order valence-corrected chi connectivity index (χ1v) is 8.85. The Morgan fingerprint density at radius 3 is 3.00 bits per heavy atom. The summed E-state index contributed by atoms with van der Waals surface area (Å²) in [6.45, 7) is 4.62. The number of aliphatic imine (C=N–C) groups is 1. The SMILES string of the molecule is C=C1/C=C\C=C/CN=C(Nc2nccn3c(-c4cnn(C)c4)cnc23)S1. The minimum atomic E-state index is 0.589. The average Bonchev–Trinajstić information content (AvgIpc) is 3.25. The van der Waals surface area contributed by atoms with Crippen molar-refractivity contribution in [2.75, 3.05) is 11.9 Å². The highest BCUT2D eigenvalue weighted by atomic mass is 32.2. The molecule has 0 saturated carbocycles. The van der Waals surface area contributed by atoms with Gasteiger partial charge in [-0.3, -0.25) is 14.1 Å². The highest BCUT2D eigenvalue weighted by Crippen LogP contribution is 2.25. The third-order valence-electron chi connectivity index (χ3n) is 3.75. The molecule has 1 N–H and O–H groups in total. The molecule has 0 atom stereocenters. The maximum absolute atomic E-state index is 4.55. The lowest BCUT2D eigenvalue weighted by Gasteiger charge is -2.09. The highest BCUT2D eigenvalue weighted by molar-refractivity contribution is 8.17. The fourth-order valence-corrected chi connectivity index (χ4v) is 3.25. The van der Waals surface area contributed by atoms with Crippen LogP contribution in [0.15, 0.2) is 71.8 Å². The number of fused-ring (bicyclic) bond motifs is 1. The summed E-state index contributed by atoms with van der Waals surface area (Å²) in [5.74, 6) is 0.647. The van der Waals surface area contributed by atoms with E-state index in [4.69, 9.17) is 0 Å². The quantitative estimate of drug-likeness (QED) is 0.756. The number of nitrogens with zero attached hydrogens (tertiary/aromatic N) is 6. The van der Waals surface area contributed by atoms with E-state index >= 15 is 0 Å². The number of aryl methyl sites for hydroxylation is 1. The first-order chi connectivity index (χ1) is 12.7. The Morgan fingerprint density at radius 2 is 2.15 bits per heavy atom. The second-order valence-electron chi connectivity index (χ2n) is 5.64. The van der Waals surface area contributed by atoms with E-state index in [1.165, 1.54) is 11.8 Å². The van der Waals surface area contributed by atoms with Crippen LogP contribution in [0, 0.1) is 0 Å². The number of nitrogens with one attached hydrogen (secondary N) is 1. The zero-order valence-corrected chi connectivity index (χ0v) is 15.0. The molecule has 3 aromatic heterocycles. The van der Waals surface area contributed by atoms with Gasteiger partial charge >= 0.3 is 0 Å². The molecule has 1 aliphatic rings. The Morgan fingerprint density at radius 1 is 1.23 bits per heavy atom. The van der Waals surface area contributed by atoms with Gasteiger partial charge in [0.15, 0.2) is 16.6 Å². The summed E-state index contributed by atoms with van der Waals surface area (Å²) in [4.78, 5) is 14.4. The molecule has 4 heterocycles. The lowest BCUT2D eigenvalue weighted by atomic mass is 10.3. The van der Waals surface area contributed by atoms with Crippen molar-refractivity contribution >= 4 is 28.4 Å². The van der Waals surface area contributed by atoms with Crippen molar-refractivity contribution in [3.63, 3.8) is 0 Å². The van der Waals surface area contributed by atoms with Gasteiger partial charge < -0.3 is 5.32 Å². The molecule has 0 aliphatic carbocycles. The van der Waals surface area contributed by atoms with Crippen LogP contribution in [-0.2, 0) is 7.05 Å². The van der Waals surface area contributed by atoms with Gasteiger partial charge in [-0.15, -0.1) is 0 Å². The van der Waals surface area contributed by atoms with Crippen molar-refractivity contribution in [3.05, 3.63) is 66.8 Å². The van der Waals surface area contributed by atoms with Crippen LogP contribution in [0.3, 0.4) is 0 Å². The van der Waals surface area contributed by atoms with Gasteiger partial charge in [-0.2, -0.15) is 5.10 Å². The molecule has 0 radical (unpaired) electrons. The number of thioether (sulfide) groups is 1. The van der Waals surface area contributed by atoms with Crippen LogP contribution in [0.5, 0.6) is 0 Å². The lowest BCUT2D eigenvalue weighted by molar-refractivity contribution is 0.768. The van der Waals surface area contributed by atoms with Crippen LogP contribution in [0.4, 0.5) is 5.82 Å². The third-order valence-corrected chi connectivity index (χ3v) is 4.57. The second kappa shape index (κ2) is 7.01. The van der Waals surface area contributed by atoms with E-state index in [1.54, 1.807) is 10.9 Å². The van der Waals surface area contributed by atoms with Crippen LogP contribution in [-0.4, -0.2) is 35.9 Å². The molecule has 8 heteroatoms. The van der Waals surface area contributed by atoms with E-state index in [0.717, 1.165) is 27.0 Å². The Hall–Kier alpha value is -3.13. The summed E-state index contributed by atoms with van der Waals surface area (Å²) in [6, 6.07) is 0. The Bertz CT molecular complexity index is 1050. The maximum atomic E-state index is 4.55. The van der Waals surface area contributed by atoms with Crippen LogP contribution in [0.2, 0.25) is 0 Å². The number of allylic oxidation sites excluding steroid dienone is 3. The van der Waals surface area contributed by atoms with Gasteiger partial charge in [-0.25, -0.2) is 9.97 Å². The molecule has 26 heavy (non-hydrogen) atoms. The van der Waals surface area contributed by atoms with Gasteiger partial charge in [0, 0.05) is 36.1 Å². The topological polar surface area (TPSA) is 72.4 Å². The first-order valence-electron chi connectivity index (χ1n) is 8.03. The summed E-state index contributed by atoms with van der Waals surface area (Å²) in [5.41, 5.74) is 2.68. The fourth-order valence-electron chi connectivity index (χ4n) is 2.57. The number of hydrogen-bond acceptors (Lipinski definition) is 6. The zero-order chi connectivity index (χ0) is 17.9. The molecule has 0 aromatic carbocycles. The van der Waals surface area contributed by atoms with E-state index in [0.29, 0.717) is 12.4 Å². The van der Waals surface area contributed by atoms with Crippen LogP contribution in [0.25, 0.3) is 16.9 Å². The van der Waals surface area contributed by atoms with Gasteiger partial charge in [0.2, 0.25) is 0 Å². The molecule has 0 saturated heterocycles. The molecule has 3 aromatic rings. The summed E-state index contributed by atoms with van der Waals surface area (Å²) in [5, 5.41) is 8.25. The van der Waals surface area contributed by atoms with Crippen LogP contribution in [0.1, 0.15) is 0 Å². The molecular formula is C18H17N7S. The molecule has 0 bridgehead atoms. The molecule has 0 fully saturated rings. The minimum absolute atomic E-state index is 0.589. The highest BCUT2D eigenvalue weighted by Gasteiger charge is 2.13. The molecule has 1 aliphatic heterocycles. The number of rotatable bonds is 2. The van der Waals surface area contributed by atoms with Crippen molar-refractivity contribution < 1.29 is 0 Å². The van der Waals surface area contributed by atoms with E-state index in [1.807, 2.05) is 60.5 Å². The summed E-state index contributed by atoms with van der Waals surface area (Å²) >= 11 is 1.47. The van der Waals surface area contributed by atoms with E-state index in [-0.39, 0.29) is 0 Å². The molecule has 0 amide bonds. The van der Waals surface area contributed by atoms with Gasteiger partial charge in [-0.1, -0.05) is 36.6 Å². The number of imidazole rings is 1. The maximum Gasteiger partial charge on any atom is 0.180 e. The molecule has 4 rings (SSSR count). The zero-order valence-electron chi connectivity index (χ0n) is 14.2. The molecule has 0 unspecified atom stereocenters. The largest absolute Gasteiger partial charge is 0.316 e. The van der Waals surface area contributed by atoms with E-state index in [9.17, 15) is 0 Å². The Kier molecular flexibility index (Phi) is 4.40. The predicted molar refractivity (Wildman–Crippen MR) is 106 cm³/mol. The van der Waals surface area contributed by atoms with Crippen molar-refractivity contribution in [1.29, 1.82) is 0 Å². The van der Waals surface area contributed by atoms with Gasteiger partial charge in [-0.05, 0) is 6.08 Å². The molecule has 130 valence electrons. The van der Waals surface area contributed by atoms with Crippen LogP contribution < -0.4 is 5.32 Å². The number of aromatic nitrogens is 5. The summed E-state index contributed by atoms with van der Waals surface area (Å²) < 4.78 is 3.76. The standard InChI is InChI=1S/C18H17N7S/c1-13-6-4-3-5-7-20-18(26-13)23-16-17-21-11-15(25(17)9-8-19-16)14-10-22-24(2)12-14/h3-6,8-12H,1,7H2,2H3,(H,19,20,23)/b5-3-,6-4-. The molecule has 0 spiro atoms. The molecular weight excluding hydrogens is 346 g/mol. The average molecular weight is 363 g/mol. The fraction of sp³-hybridized carbons (Fsp3) is 0.111. The first kappa shape index (κ1) is 16.3. The number of hydrogen-bond donors (Lipinski definition) is 1. The number of amidine groups is 1. The van der Waals surface area contributed by atoms with Gasteiger partial charge in [0.05, 0.1) is 24.6 Å². The smallest absolute Gasteiger partial charge is 0.180 e. The predicted octanol–water partition coefficient (Wildman–Crippen LogP) is 3.27. The lowest BCUT2D eigenvalue weighted by Crippen LogP contribution is -2.11. The van der Waals surface area contributed by atoms with Gasteiger partial charge in [0.25, 0.3) is 0 Å². The second-order valence-corrected chi connectivity index (χ2v) is 6.76. The van der Waals surface area contributed by atoms with E-state index < -0.39 is 0 Å². The van der Waals surface area contributed by atoms with E-state index in [2.05, 4.69) is 32.0 Å². The molecule has 7 nitrogen and oxygen atoms in total. The van der Waals surface area contributed by atoms with Crippen molar-refractivity contribution in [3.8, 4) is 11.3 Å². The summed E-state index contributed by atoms with van der Waals surface area (Å²) in [6.07, 6.45) is 17.1. The Labute approximate surface area is 154 Å². The van der Waals surface area contributed by atoms with Crippen molar-refractivity contribution in [2.45, 2.75) is 0 Å². The third kappa shape index (κ3) is 3.31. The monoisotopic (exact) mass is 363 g/mol. The van der Waals surface area contributed by atoms with Gasteiger partial charge in [0.1, 0.15) is 0 Å². The summed E-state index contributed by atoms with van der Waals surface area (Å²) in [7, 11) is 1.89. The van der Waals surface area contributed by atoms with Crippen LogP contribution >= 0.6 is 11.8 Å². The number of anilines is 1. The Balaban J connectivity index is 1.69.